The van der Waals surface area contributed by atoms with Crippen molar-refractivity contribution in [1.29, 1.82) is 0 Å². The van der Waals surface area contributed by atoms with E-state index in [0.29, 0.717) is 18.6 Å². The van der Waals surface area contributed by atoms with Crippen molar-refractivity contribution in [3.8, 4) is 0 Å². The van der Waals surface area contributed by atoms with Crippen LogP contribution in [0.15, 0.2) is 24.3 Å². The van der Waals surface area contributed by atoms with Crippen LogP contribution in [0.1, 0.15) is 24.5 Å². The van der Waals surface area contributed by atoms with E-state index >= 15 is 0 Å². The molecule has 0 radical (unpaired) electrons. The number of benzene rings is 1. The SMILES string of the molecule is O=C1CCOC(C(O)c2ccc([N+](=O)[O-])cc2)C1. The number of aliphatic hydroxyl groups excluding tert-OH is 1. The van der Waals surface area contributed by atoms with Crippen LogP contribution in [0.25, 0.3) is 0 Å². The smallest absolute Gasteiger partial charge is 0.269 e. The number of nitrogens with zero attached hydrogens (tertiary/aromatic N) is 1. The molecule has 1 N–H and O–H groups in total. The zero-order valence-electron chi connectivity index (χ0n) is 9.61. The molecule has 1 aliphatic heterocycles. The van der Waals surface area contributed by atoms with Crippen molar-refractivity contribution in [3.63, 3.8) is 0 Å². The third kappa shape index (κ3) is 2.72. The molecule has 2 atom stereocenters. The third-order valence-corrected chi connectivity index (χ3v) is 2.94. The molecule has 0 aromatic heterocycles. The Morgan fingerprint density at radius 2 is 2.06 bits per heavy atom. The first-order valence-electron chi connectivity index (χ1n) is 5.63. The van der Waals surface area contributed by atoms with Crippen molar-refractivity contribution in [2.45, 2.75) is 25.0 Å². The summed E-state index contributed by atoms with van der Waals surface area (Å²) >= 11 is 0. The van der Waals surface area contributed by atoms with Gasteiger partial charge in [-0.2, -0.15) is 0 Å². The van der Waals surface area contributed by atoms with Gasteiger partial charge in [-0.1, -0.05) is 0 Å². The Balaban J connectivity index is 2.10. The molecule has 1 saturated heterocycles. The van der Waals surface area contributed by atoms with Crippen molar-refractivity contribution in [2.24, 2.45) is 0 Å². The van der Waals surface area contributed by atoms with Crippen LogP contribution in [0, 0.1) is 10.1 Å². The highest BCUT2D eigenvalue weighted by Gasteiger charge is 2.28. The van der Waals surface area contributed by atoms with E-state index in [1.165, 1.54) is 24.3 Å². The molecule has 1 aromatic rings. The molecular formula is C12H13NO5. The molecule has 6 nitrogen and oxygen atoms in total. The molecule has 1 aliphatic rings. The van der Waals surface area contributed by atoms with Gasteiger partial charge >= 0.3 is 0 Å². The number of aliphatic hydroxyl groups is 1. The minimum Gasteiger partial charge on any atom is -0.386 e. The molecular weight excluding hydrogens is 238 g/mol. The van der Waals surface area contributed by atoms with Crippen LogP contribution in [-0.4, -0.2) is 28.5 Å². The molecule has 0 bridgehead atoms. The molecule has 6 heteroatoms. The van der Waals surface area contributed by atoms with E-state index in [1.54, 1.807) is 0 Å². The highest BCUT2D eigenvalue weighted by atomic mass is 16.6. The Morgan fingerprint density at radius 3 is 2.61 bits per heavy atom. The van der Waals surface area contributed by atoms with Gasteiger partial charge in [-0.25, -0.2) is 0 Å². The van der Waals surface area contributed by atoms with Gasteiger partial charge in [-0.3, -0.25) is 14.9 Å². The van der Waals surface area contributed by atoms with Crippen molar-refractivity contribution in [3.05, 3.63) is 39.9 Å². The molecule has 2 unspecified atom stereocenters. The third-order valence-electron chi connectivity index (χ3n) is 2.94. The van der Waals surface area contributed by atoms with Gasteiger partial charge in [0.1, 0.15) is 11.9 Å². The van der Waals surface area contributed by atoms with Crippen molar-refractivity contribution >= 4 is 11.5 Å². The van der Waals surface area contributed by atoms with Crippen molar-refractivity contribution in [2.75, 3.05) is 6.61 Å². The highest BCUT2D eigenvalue weighted by molar-refractivity contribution is 5.79. The molecule has 0 amide bonds. The Hall–Kier alpha value is -1.79. The number of Topliss-reactive ketones (excluding diaryl/α,β-unsaturated/α-hetero) is 1. The Kier molecular flexibility index (Phi) is 3.69. The molecule has 0 saturated carbocycles. The molecule has 0 aliphatic carbocycles. The first kappa shape index (κ1) is 12.7. The summed E-state index contributed by atoms with van der Waals surface area (Å²) in [5.74, 6) is 0.0622. The average molecular weight is 251 g/mol. The fraction of sp³-hybridized carbons (Fsp3) is 0.417. The monoisotopic (exact) mass is 251 g/mol. The zero-order valence-corrected chi connectivity index (χ0v) is 9.61. The molecule has 1 aromatic carbocycles. The van der Waals surface area contributed by atoms with E-state index in [4.69, 9.17) is 4.74 Å². The lowest BCUT2D eigenvalue weighted by Gasteiger charge is -2.26. The van der Waals surface area contributed by atoms with E-state index in [0.717, 1.165) is 0 Å². The second-order valence-electron chi connectivity index (χ2n) is 4.20. The molecule has 96 valence electrons. The second kappa shape index (κ2) is 5.24. The van der Waals surface area contributed by atoms with Crippen LogP contribution in [-0.2, 0) is 9.53 Å². The largest absolute Gasteiger partial charge is 0.386 e. The number of hydrogen-bond acceptors (Lipinski definition) is 5. The van der Waals surface area contributed by atoms with Gasteiger partial charge in [0.25, 0.3) is 5.69 Å². The van der Waals surface area contributed by atoms with Crippen LogP contribution < -0.4 is 0 Å². The van der Waals surface area contributed by atoms with E-state index < -0.39 is 17.1 Å². The standard InChI is InChI=1S/C12H13NO5/c14-10-5-6-18-11(7-10)12(15)8-1-3-9(4-2-8)13(16)17/h1-4,11-12,15H,5-7H2. The van der Waals surface area contributed by atoms with E-state index in [1.807, 2.05) is 0 Å². The lowest BCUT2D eigenvalue weighted by Crippen LogP contribution is -2.31. The summed E-state index contributed by atoms with van der Waals surface area (Å²) in [6.07, 6.45) is -0.940. The molecule has 2 rings (SSSR count). The minimum atomic E-state index is -0.935. The van der Waals surface area contributed by atoms with E-state index in [9.17, 15) is 20.0 Å². The molecule has 0 spiro atoms. The van der Waals surface area contributed by atoms with Crippen molar-refractivity contribution in [1.82, 2.24) is 0 Å². The maximum Gasteiger partial charge on any atom is 0.269 e. The lowest BCUT2D eigenvalue weighted by atomic mass is 9.97. The van der Waals surface area contributed by atoms with Gasteiger partial charge in [0.05, 0.1) is 17.6 Å². The number of nitro groups is 1. The van der Waals surface area contributed by atoms with E-state index in [-0.39, 0.29) is 17.9 Å². The first-order chi connectivity index (χ1) is 8.58. The lowest BCUT2D eigenvalue weighted by molar-refractivity contribution is -0.384. The summed E-state index contributed by atoms with van der Waals surface area (Å²) in [5, 5.41) is 20.5. The van der Waals surface area contributed by atoms with Gasteiger partial charge in [0, 0.05) is 25.0 Å². The number of carbonyl (C=O) groups is 1. The Bertz CT molecular complexity index is 456. The fourth-order valence-electron chi connectivity index (χ4n) is 1.92. The average Bonchev–Trinajstić information content (AvgIpc) is 2.38. The van der Waals surface area contributed by atoms with Gasteiger partial charge in [0.2, 0.25) is 0 Å². The number of ether oxygens (including phenoxy) is 1. The predicted molar refractivity (Wildman–Crippen MR) is 62.0 cm³/mol. The van der Waals surface area contributed by atoms with Gasteiger partial charge < -0.3 is 9.84 Å². The summed E-state index contributed by atoms with van der Waals surface area (Å²) in [5.41, 5.74) is 0.479. The number of carbonyl (C=O) groups excluding carboxylic acids is 1. The normalized spacial score (nSPS) is 21.6. The van der Waals surface area contributed by atoms with Crippen LogP contribution in [0.2, 0.25) is 0 Å². The maximum absolute atomic E-state index is 11.3. The Morgan fingerprint density at radius 1 is 1.39 bits per heavy atom. The summed E-state index contributed by atoms with van der Waals surface area (Å²) in [4.78, 5) is 21.3. The van der Waals surface area contributed by atoms with Gasteiger partial charge in [-0.15, -0.1) is 0 Å². The topological polar surface area (TPSA) is 89.7 Å². The van der Waals surface area contributed by atoms with Crippen LogP contribution in [0.4, 0.5) is 5.69 Å². The maximum atomic E-state index is 11.3. The van der Waals surface area contributed by atoms with Gasteiger partial charge in [0.15, 0.2) is 0 Å². The number of ketones is 1. The summed E-state index contributed by atoms with van der Waals surface area (Å²) in [6.45, 7) is 0.313. The second-order valence-corrected chi connectivity index (χ2v) is 4.20. The minimum absolute atomic E-state index is 0.0356. The highest BCUT2D eigenvalue weighted by Crippen LogP contribution is 2.26. The van der Waals surface area contributed by atoms with E-state index in [2.05, 4.69) is 0 Å². The van der Waals surface area contributed by atoms with Gasteiger partial charge in [-0.05, 0) is 17.7 Å². The molecule has 18 heavy (non-hydrogen) atoms. The zero-order chi connectivity index (χ0) is 13.1. The number of nitro benzene ring substituents is 1. The first-order valence-corrected chi connectivity index (χ1v) is 5.63. The number of rotatable bonds is 3. The fourth-order valence-corrected chi connectivity index (χ4v) is 1.92. The van der Waals surface area contributed by atoms with Crippen LogP contribution in [0.3, 0.4) is 0 Å². The number of non-ortho nitro benzene ring substituents is 1. The summed E-state index contributed by atoms with van der Waals surface area (Å²) in [7, 11) is 0. The summed E-state index contributed by atoms with van der Waals surface area (Å²) < 4.78 is 5.34. The molecule has 1 heterocycles. The quantitative estimate of drug-likeness (QED) is 0.647. The van der Waals surface area contributed by atoms with Crippen LogP contribution in [0.5, 0.6) is 0 Å². The van der Waals surface area contributed by atoms with Crippen molar-refractivity contribution < 1.29 is 19.6 Å². The van der Waals surface area contributed by atoms with Crippen LogP contribution >= 0.6 is 0 Å². The summed E-state index contributed by atoms with van der Waals surface area (Å²) in [6, 6.07) is 5.60. The molecule has 1 fully saturated rings. The number of hydrogen-bond donors (Lipinski definition) is 1. The Labute approximate surface area is 103 Å². The predicted octanol–water partition coefficient (Wildman–Crippen LogP) is 1.38.